The van der Waals surface area contributed by atoms with Gasteiger partial charge in [0.15, 0.2) is 0 Å². The molecule has 1 N–H and O–H groups in total. The van der Waals surface area contributed by atoms with Crippen LogP contribution in [0.1, 0.15) is 0 Å². The number of nitrogens with one attached hydrogen (secondary N) is 1. The summed E-state index contributed by atoms with van der Waals surface area (Å²) in [5.41, 5.74) is 0. The van der Waals surface area contributed by atoms with Gasteiger partial charge in [-0.05, 0) is 0 Å². The van der Waals surface area contributed by atoms with E-state index in [0.717, 1.165) is 6.54 Å². The first-order valence-corrected chi connectivity index (χ1v) is 2.32. The summed E-state index contributed by atoms with van der Waals surface area (Å²) in [6.45, 7) is 3.20. The summed E-state index contributed by atoms with van der Waals surface area (Å²) >= 11 is 0. The molecule has 0 saturated heterocycles. The Balaban J connectivity index is 2.20. The highest BCUT2D eigenvalue weighted by molar-refractivity contribution is 4.86. The van der Waals surface area contributed by atoms with Crippen molar-refractivity contribution in [1.29, 1.82) is 0 Å². The fraction of sp³-hybridized carbons (Fsp3) is 0.400. The number of ether oxygens (including phenoxy) is 1. The van der Waals surface area contributed by atoms with Gasteiger partial charge < -0.3 is 4.74 Å². The van der Waals surface area contributed by atoms with Crippen LogP contribution in [-0.2, 0) is 4.74 Å². The maximum Gasteiger partial charge on any atom is 0.148 e. The smallest absolute Gasteiger partial charge is 0.148 e. The van der Waals surface area contributed by atoms with Gasteiger partial charge in [-0.1, -0.05) is 12.2 Å². The van der Waals surface area contributed by atoms with Crippen molar-refractivity contribution in [3.05, 3.63) is 18.9 Å². The Morgan fingerprint density at radius 2 is 2.43 bits per heavy atom. The van der Waals surface area contributed by atoms with Crippen LogP contribution < -0.4 is 5.32 Å². The summed E-state index contributed by atoms with van der Waals surface area (Å²) < 4.78 is 4.87. The molecule has 39 valence electrons. The van der Waals surface area contributed by atoms with Crippen LogP contribution in [0.15, 0.2) is 12.2 Å². The molecule has 0 aromatic rings. The maximum atomic E-state index is 4.87. The van der Waals surface area contributed by atoms with Crippen molar-refractivity contribution in [2.45, 2.75) is 0 Å². The second-order valence-electron chi connectivity index (χ2n) is 1.33. The van der Waals surface area contributed by atoms with Crippen molar-refractivity contribution in [3.63, 3.8) is 0 Å². The molecule has 0 amide bonds. The van der Waals surface area contributed by atoms with E-state index < -0.39 is 0 Å². The summed E-state index contributed by atoms with van der Waals surface area (Å²) in [5.74, 6) is 0. The first kappa shape index (κ1) is 4.81. The van der Waals surface area contributed by atoms with Crippen LogP contribution in [0, 0.1) is 6.73 Å². The van der Waals surface area contributed by atoms with Crippen LogP contribution in [-0.4, -0.2) is 13.2 Å². The molecule has 2 heteroatoms. The predicted octanol–water partition coefficient (Wildman–Crippen LogP) is 0.282. The lowest BCUT2D eigenvalue weighted by Gasteiger charge is -1.92. The van der Waals surface area contributed by atoms with Crippen molar-refractivity contribution >= 4 is 0 Å². The molecule has 1 radical (unpaired) electrons. The second-order valence-corrected chi connectivity index (χ2v) is 1.33. The van der Waals surface area contributed by atoms with Crippen LogP contribution in [0.5, 0.6) is 0 Å². The molecule has 1 rings (SSSR count). The third-order valence-electron chi connectivity index (χ3n) is 0.761. The molecule has 0 fully saturated rings. The quantitative estimate of drug-likeness (QED) is 0.439. The molecule has 0 spiro atoms. The van der Waals surface area contributed by atoms with Crippen molar-refractivity contribution in [1.82, 2.24) is 5.32 Å². The Morgan fingerprint density at radius 1 is 1.43 bits per heavy atom. The number of hydrogen-bond acceptors (Lipinski definition) is 2. The summed E-state index contributed by atoms with van der Waals surface area (Å²) in [7, 11) is 0. The first-order chi connectivity index (χ1) is 3.50. The van der Waals surface area contributed by atoms with Gasteiger partial charge in [-0.15, -0.1) is 0 Å². The van der Waals surface area contributed by atoms with E-state index in [1.165, 1.54) is 0 Å². The molecule has 0 unspecified atom stereocenters. The van der Waals surface area contributed by atoms with E-state index >= 15 is 0 Å². The van der Waals surface area contributed by atoms with E-state index in [1.807, 2.05) is 12.2 Å². The summed E-state index contributed by atoms with van der Waals surface area (Å²) in [6.07, 6.45) is 4.01. The minimum Gasteiger partial charge on any atom is -0.355 e. The minimum atomic E-state index is 0.701. The summed E-state index contributed by atoms with van der Waals surface area (Å²) in [6, 6.07) is 0. The van der Waals surface area contributed by atoms with Crippen LogP contribution in [0.3, 0.4) is 0 Å². The molecule has 0 bridgehead atoms. The lowest BCUT2D eigenvalue weighted by atomic mass is 10.5. The van der Waals surface area contributed by atoms with E-state index in [0.29, 0.717) is 6.61 Å². The fourth-order valence-corrected chi connectivity index (χ4v) is 0.430. The van der Waals surface area contributed by atoms with Gasteiger partial charge in [0.1, 0.15) is 6.73 Å². The van der Waals surface area contributed by atoms with E-state index in [4.69, 9.17) is 4.74 Å². The zero-order chi connectivity index (χ0) is 4.95. The van der Waals surface area contributed by atoms with Gasteiger partial charge in [0.25, 0.3) is 0 Å². The Morgan fingerprint density at radius 3 is 3.43 bits per heavy atom. The highest BCUT2D eigenvalue weighted by atomic mass is 16.5. The molecule has 1 aliphatic heterocycles. The van der Waals surface area contributed by atoms with Crippen molar-refractivity contribution < 1.29 is 4.74 Å². The van der Waals surface area contributed by atoms with Gasteiger partial charge in [-0.3, -0.25) is 5.32 Å². The average Bonchev–Trinajstić information content (AvgIpc) is 1.90. The third kappa shape index (κ3) is 1.71. The molecule has 0 saturated carbocycles. The molecule has 7 heavy (non-hydrogen) atoms. The molecule has 0 aromatic heterocycles. The Labute approximate surface area is 43.2 Å². The maximum absolute atomic E-state index is 4.87. The van der Waals surface area contributed by atoms with Crippen molar-refractivity contribution in [2.75, 3.05) is 13.2 Å². The van der Waals surface area contributed by atoms with Gasteiger partial charge in [0, 0.05) is 6.54 Å². The largest absolute Gasteiger partial charge is 0.355 e. The molecule has 1 aliphatic rings. The molecule has 0 atom stereocenters. The van der Waals surface area contributed by atoms with Gasteiger partial charge in [0.05, 0.1) is 6.61 Å². The molecular formula is C5H8NO. The molecule has 0 aromatic carbocycles. The highest BCUT2D eigenvalue weighted by Crippen LogP contribution is 1.83. The lowest BCUT2D eigenvalue weighted by molar-refractivity contribution is 0.218. The van der Waals surface area contributed by atoms with E-state index in [9.17, 15) is 0 Å². The number of rotatable bonds is 0. The SMILES string of the molecule is [CH]1NCC=CCO1. The standard InChI is InChI=1S/C5H8NO/c1-2-4-7-5-6-3-1/h1-2,5-6H,3-4H2. The van der Waals surface area contributed by atoms with Crippen molar-refractivity contribution in [2.24, 2.45) is 0 Å². The van der Waals surface area contributed by atoms with Gasteiger partial charge in [-0.25, -0.2) is 0 Å². The van der Waals surface area contributed by atoms with E-state index in [1.54, 1.807) is 6.73 Å². The normalized spacial score (nSPS) is 21.7. The average molecular weight is 98.1 g/mol. The highest BCUT2D eigenvalue weighted by Gasteiger charge is 1.86. The molecule has 1 heterocycles. The predicted molar refractivity (Wildman–Crippen MR) is 27.4 cm³/mol. The lowest BCUT2D eigenvalue weighted by Crippen LogP contribution is -2.08. The third-order valence-corrected chi connectivity index (χ3v) is 0.761. The zero-order valence-electron chi connectivity index (χ0n) is 4.05. The van der Waals surface area contributed by atoms with Gasteiger partial charge in [-0.2, -0.15) is 0 Å². The van der Waals surface area contributed by atoms with E-state index in [2.05, 4.69) is 5.32 Å². The van der Waals surface area contributed by atoms with Gasteiger partial charge >= 0.3 is 0 Å². The van der Waals surface area contributed by atoms with Crippen LogP contribution in [0.4, 0.5) is 0 Å². The minimum absolute atomic E-state index is 0.701. The second kappa shape index (κ2) is 2.77. The number of hydrogen-bond donors (Lipinski definition) is 1. The molecule has 0 aliphatic carbocycles. The zero-order valence-corrected chi connectivity index (χ0v) is 4.05. The Kier molecular flexibility index (Phi) is 1.90. The summed E-state index contributed by atoms with van der Waals surface area (Å²) in [5, 5.41) is 2.91. The van der Waals surface area contributed by atoms with Crippen LogP contribution >= 0.6 is 0 Å². The fourth-order valence-electron chi connectivity index (χ4n) is 0.430. The van der Waals surface area contributed by atoms with Crippen LogP contribution in [0.2, 0.25) is 0 Å². The summed E-state index contributed by atoms with van der Waals surface area (Å²) in [4.78, 5) is 0. The van der Waals surface area contributed by atoms with Crippen LogP contribution in [0.25, 0.3) is 0 Å². The van der Waals surface area contributed by atoms with E-state index in [-0.39, 0.29) is 0 Å². The topological polar surface area (TPSA) is 21.3 Å². The first-order valence-electron chi connectivity index (χ1n) is 2.32. The Hall–Kier alpha value is -0.340. The molecular weight excluding hydrogens is 90.1 g/mol. The Bertz CT molecular complexity index is 62.5. The monoisotopic (exact) mass is 98.1 g/mol. The van der Waals surface area contributed by atoms with Gasteiger partial charge in [0.2, 0.25) is 0 Å². The van der Waals surface area contributed by atoms with Crippen molar-refractivity contribution in [3.8, 4) is 0 Å². The molecule has 2 nitrogen and oxygen atoms in total.